The maximum absolute atomic E-state index is 9.43. The van der Waals surface area contributed by atoms with Crippen LogP contribution in [0.25, 0.3) is 0 Å². The molecule has 1 rings (SSSR count). The quantitative estimate of drug-likeness (QED) is 0.808. The summed E-state index contributed by atoms with van der Waals surface area (Å²) < 4.78 is 0. The van der Waals surface area contributed by atoms with E-state index in [1.165, 1.54) is 0 Å². The van der Waals surface area contributed by atoms with E-state index in [-0.39, 0.29) is 12.1 Å². The molecule has 0 saturated heterocycles. The molecule has 5 heteroatoms. The normalized spacial score (nSPS) is 11.4. The van der Waals surface area contributed by atoms with Crippen LogP contribution in [0.1, 0.15) is 32.8 Å². The topological polar surface area (TPSA) is 61.3 Å². The van der Waals surface area contributed by atoms with Crippen LogP contribution in [0.15, 0.2) is 6.20 Å². The van der Waals surface area contributed by atoms with Crippen LogP contribution in [0, 0.1) is 6.92 Å². The van der Waals surface area contributed by atoms with Crippen LogP contribution < -0.4 is 10.2 Å². The van der Waals surface area contributed by atoms with Crippen molar-refractivity contribution in [2.24, 2.45) is 0 Å². The number of hydrogen-bond donors (Lipinski definition) is 2. The molecule has 0 spiro atoms. The van der Waals surface area contributed by atoms with Gasteiger partial charge < -0.3 is 15.3 Å². The van der Waals surface area contributed by atoms with Gasteiger partial charge in [-0.25, -0.2) is 4.98 Å². The van der Waals surface area contributed by atoms with E-state index < -0.39 is 0 Å². The molecule has 0 amide bonds. The van der Waals surface area contributed by atoms with Gasteiger partial charge in [-0.2, -0.15) is 4.98 Å². The molecule has 5 nitrogen and oxygen atoms in total. The van der Waals surface area contributed by atoms with E-state index in [1.54, 1.807) is 0 Å². The Morgan fingerprint density at radius 2 is 2.11 bits per heavy atom. The van der Waals surface area contributed by atoms with Crippen molar-refractivity contribution in [3.8, 4) is 0 Å². The van der Waals surface area contributed by atoms with Crippen molar-refractivity contribution in [3.63, 3.8) is 0 Å². The summed E-state index contributed by atoms with van der Waals surface area (Å²) in [5.41, 5.74) is 0.655. The van der Waals surface area contributed by atoms with Gasteiger partial charge in [-0.1, -0.05) is 6.92 Å². The van der Waals surface area contributed by atoms with Gasteiger partial charge in [0.1, 0.15) is 5.82 Å². The minimum absolute atomic E-state index is 0.0741. The zero-order valence-electron chi connectivity index (χ0n) is 12.0. The average Bonchev–Trinajstić information content (AvgIpc) is 2.37. The second kappa shape index (κ2) is 6.00. The Morgan fingerprint density at radius 1 is 1.44 bits per heavy atom. The summed E-state index contributed by atoms with van der Waals surface area (Å²) in [6.45, 7) is 8.97. The van der Waals surface area contributed by atoms with Crippen LogP contribution in [0.4, 0.5) is 11.8 Å². The van der Waals surface area contributed by atoms with Gasteiger partial charge >= 0.3 is 0 Å². The molecule has 0 radical (unpaired) electrons. The number of aliphatic hydroxyl groups is 1. The Labute approximate surface area is 109 Å². The van der Waals surface area contributed by atoms with Crippen molar-refractivity contribution >= 4 is 11.8 Å². The van der Waals surface area contributed by atoms with Gasteiger partial charge in [-0.3, -0.25) is 0 Å². The summed E-state index contributed by atoms with van der Waals surface area (Å²) in [6, 6.07) is 0. The molecule has 18 heavy (non-hydrogen) atoms. The smallest absolute Gasteiger partial charge is 0.224 e. The predicted molar refractivity (Wildman–Crippen MR) is 75.1 cm³/mol. The maximum Gasteiger partial charge on any atom is 0.224 e. The van der Waals surface area contributed by atoms with Gasteiger partial charge in [0.05, 0.1) is 12.1 Å². The molecule has 0 aliphatic carbocycles. The van der Waals surface area contributed by atoms with E-state index in [2.05, 4.69) is 22.2 Å². The fourth-order valence-corrected chi connectivity index (χ4v) is 1.49. The molecule has 0 saturated carbocycles. The average molecular weight is 252 g/mol. The lowest BCUT2D eigenvalue weighted by molar-refractivity contribution is 0.215. The van der Waals surface area contributed by atoms with E-state index in [9.17, 15) is 5.11 Å². The molecule has 0 fully saturated rings. The molecule has 1 aromatic heterocycles. The molecule has 0 aliphatic heterocycles. The van der Waals surface area contributed by atoms with E-state index in [1.807, 2.05) is 38.9 Å². The molecule has 1 aromatic rings. The van der Waals surface area contributed by atoms with Crippen molar-refractivity contribution in [2.45, 2.75) is 39.7 Å². The van der Waals surface area contributed by atoms with E-state index in [0.29, 0.717) is 5.95 Å². The summed E-state index contributed by atoms with van der Waals surface area (Å²) in [7, 11) is 1.94. The van der Waals surface area contributed by atoms with Crippen molar-refractivity contribution in [3.05, 3.63) is 11.8 Å². The molecule has 0 aliphatic rings. The lowest BCUT2D eigenvalue weighted by Gasteiger charge is -2.35. The Kier molecular flexibility index (Phi) is 4.90. The number of aliphatic hydroxyl groups excluding tert-OH is 1. The molecule has 1 heterocycles. The lowest BCUT2D eigenvalue weighted by Crippen LogP contribution is -2.45. The first-order valence-electron chi connectivity index (χ1n) is 6.34. The largest absolute Gasteiger partial charge is 0.394 e. The maximum atomic E-state index is 9.43. The summed E-state index contributed by atoms with van der Waals surface area (Å²) in [5.74, 6) is 1.49. The van der Waals surface area contributed by atoms with Crippen LogP contribution >= 0.6 is 0 Å². The molecular weight excluding hydrogens is 228 g/mol. The monoisotopic (exact) mass is 252 g/mol. The number of nitrogens with one attached hydrogen (secondary N) is 1. The summed E-state index contributed by atoms with van der Waals surface area (Å²) >= 11 is 0. The minimum atomic E-state index is -0.346. The van der Waals surface area contributed by atoms with Gasteiger partial charge in [0, 0.05) is 25.4 Å². The minimum Gasteiger partial charge on any atom is -0.394 e. The van der Waals surface area contributed by atoms with Crippen molar-refractivity contribution in [1.29, 1.82) is 0 Å². The van der Waals surface area contributed by atoms with Crippen LogP contribution in [0.5, 0.6) is 0 Å². The van der Waals surface area contributed by atoms with Crippen LogP contribution in [-0.2, 0) is 0 Å². The van der Waals surface area contributed by atoms with Crippen molar-refractivity contribution < 1.29 is 5.11 Å². The van der Waals surface area contributed by atoms with Gasteiger partial charge in [0.15, 0.2) is 0 Å². The second-order valence-corrected chi connectivity index (χ2v) is 5.16. The van der Waals surface area contributed by atoms with Crippen LogP contribution in [-0.4, -0.2) is 40.8 Å². The van der Waals surface area contributed by atoms with Crippen LogP contribution in [0.3, 0.4) is 0 Å². The number of rotatable bonds is 6. The van der Waals surface area contributed by atoms with E-state index in [4.69, 9.17) is 0 Å². The van der Waals surface area contributed by atoms with Gasteiger partial charge in [-0.15, -0.1) is 0 Å². The van der Waals surface area contributed by atoms with Crippen LogP contribution in [0.2, 0.25) is 0 Å². The van der Waals surface area contributed by atoms with E-state index >= 15 is 0 Å². The lowest BCUT2D eigenvalue weighted by atomic mass is 10.0. The second-order valence-electron chi connectivity index (χ2n) is 5.16. The third-order valence-electron chi connectivity index (χ3n) is 3.09. The first kappa shape index (κ1) is 14.7. The highest BCUT2D eigenvalue weighted by atomic mass is 16.3. The Morgan fingerprint density at radius 3 is 2.67 bits per heavy atom. The SMILES string of the molecule is CCCNc1ncc(C)c(N(C)C(C)(C)CO)n1. The number of likely N-dealkylation sites (N-methyl/N-ethyl adjacent to an activating group) is 1. The zero-order chi connectivity index (χ0) is 13.8. The first-order chi connectivity index (χ1) is 8.42. The Hall–Kier alpha value is -1.36. The summed E-state index contributed by atoms with van der Waals surface area (Å²) in [4.78, 5) is 10.8. The summed E-state index contributed by atoms with van der Waals surface area (Å²) in [5, 5.41) is 12.6. The number of aromatic nitrogens is 2. The summed E-state index contributed by atoms with van der Waals surface area (Å²) in [6.07, 6.45) is 2.84. The van der Waals surface area contributed by atoms with Crippen molar-refractivity contribution in [2.75, 3.05) is 30.4 Å². The molecule has 0 bridgehead atoms. The Bertz CT molecular complexity index is 393. The number of nitrogens with zero attached hydrogens (tertiary/aromatic N) is 3. The Balaban J connectivity index is 3.00. The zero-order valence-corrected chi connectivity index (χ0v) is 12.0. The van der Waals surface area contributed by atoms with Gasteiger partial charge in [-0.05, 0) is 27.2 Å². The van der Waals surface area contributed by atoms with Crippen molar-refractivity contribution in [1.82, 2.24) is 9.97 Å². The fourth-order valence-electron chi connectivity index (χ4n) is 1.49. The molecular formula is C13H24N4O. The standard InChI is InChI=1S/C13H24N4O/c1-6-7-14-12-15-8-10(2)11(16-12)17(5)13(3,4)9-18/h8,18H,6-7,9H2,1-5H3,(H,14,15,16). The molecule has 0 unspecified atom stereocenters. The predicted octanol–water partition coefficient (Wildman–Crippen LogP) is 1.81. The first-order valence-corrected chi connectivity index (χ1v) is 6.34. The highest BCUT2D eigenvalue weighted by molar-refractivity contribution is 5.50. The highest BCUT2D eigenvalue weighted by Gasteiger charge is 2.25. The molecule has 2 N–H and O–H groups in total. The highest BCUT2D eigenvalue weighted by Crippen LogP contribution is 2.23. The van der Waals surface area contributed by atoms with Gasteiger partial charge in [0.2, 0.25) is 5.95 Å². The number of hydrogen-bond acceptors (Lipinski definition) is 5. The molecule has 0 atom stereocenters. The van der Waals surface area contributed by atoms with Gasteiger partial charge in [0.25, 0.3) is 0 Å². The molecule has 0 aromatic carbocycles. The number of aryl methyl sites for hydroxylation is 1. The third kappa shape index (κ3) is 3.32. The van der Waals surface area contributed by atoms with E-state index in [0.717, 1.165) is 24.3 Å². The molecule has 102 valence electrons. The third-order valence-corrected chi connectivity index (χ3v) is 3.09. The fraction of sp³-hybridized carbons (Fsp3) is 0.692. The number of anilines is 2.